The third-order valence-corrected chi connectivity index (χ3v) is 8.06. The first-order valence-electron chi connectivity index (χ1n) is 11.6. The van der Waals surface area contributed by atoms with E-state index >= 15 is 0 Å². The maximum atomic E-state index is 10.9. The van der Waals surface area contributed by atoms with E-state index < -0.39 is 0 Å². The standard InChI is InChI=1S/C24H42O2/c1-4-6-19-10-13-21-18(7-5-8-22(21)24(19)26)11-14-23(25)20-12-9-16(2)15-17(20)3/h9,12,16-26H,4-8,10-11,13-15H2,1-3H3/t16-,17?,18?,19?,20?,21?,22?,23?,24?/m1/s1. The van der Waals surface area contributed by atoms with Crippen LogP contribution in [0, 0.1) is 41.4 Å². The van der Waals surface area contributed by atoms with Gasteiger partial charge in [0.2, 0.25) is 0 Å². The molecule has 0 heterocycles. The number of hydrogen-bond acceptors (Lipinski definition) is 2. The first kappa shape index (κ1) is 20.4. The molecule has 9 atom stereocenters. The third-order valence-electron chi connectivity index (χ3n) is 8.06. The van der Waals surface area contributed by atoms with E-state index in [2.05, 4.69) is 32.9 Å². The van der Waals surface area contributed by atoms with Gasteiger partial charge < -0.3 is 10.2 Å². The monoisotopic (exact) mass is 362 g/mol. The summed E-state index contributed by atoms with van der Waals surface area (Å²) in [5, 5.41) is 21.7. The SMILES string of the molecule is CCCC1CCC2C(CCC(O)C3C=C[C@@H](C)CC3C)CCCC2C1O. The number of allylic oxidation sites excluding steroid dienone is 1. The van der Waals surface area contributed by atoms with Crippen molar-refractivity contribution in [3.05, 3.63) is 12.2 Å². The molecule has 2 heteroatoms. The van der Waals surface area contributed by atoms with Crippen molar-refractivity contribution in [2.75, 3.05) is 0 Å². The van der Waals surface area contributed by atoms with Gasteiger partial charge >= 0.3 is 0 Å². The molecule has 2 N–H and O–H groups in total. The lowest BCUT2D eigenvalue weighted by molar-refractivity contribution is -0.0585. The molecule has 26 heavy (non-hydrogen) atoms. The van der Waals surface area contributed by atoms with Gasteiger partial charge in [0.15, 0.2) is 0 Å². The Balaban J connectivity index is 1.54. The minimum Gasteiger partial charge on any atom is -0.393 e. The van der Waals surface area contributed by atoms with Crippen LogP contribution >= 0.6 is 0 Å². The van der Waals surface area contributed by atoms with Gasteiger partial charge in [0.25, 0.3) is 0 Å². The normalized spacial score (nSPS) is 44.5. The van der Waals surface area contributed by atoms with Gasteiger partial charge in [0, 0.05) is 5.92 Å². The summed E-state index contributed by atoms with van der Waals surface area (Å²) in [6.45, 7) is 6.82. The fraction of sp³-hybridized carbons (Fsp3) is 0.917. The molecule has 0 spiro atoms. The van der Waals surface area contributed by atoms with Crippen molar-refractivity contribution in [3.63, 3.8) is 0 Å². The van der Waals surface area contributed by atoms with Crippen molar-refractivity contribution in [1.29, 1.82) is 0 Å². The summed E-state index contributed by atoms with van der Waals surface area (Å²) in [7, 11) is 0. The van der Waals surface area contributed by atoms with Crippen LogP contribution in [0.4, 0.5) is 0 Å². The Morgan fingerprint density at radius 3 is 2.50 bits per heavy atom. The van der Waals surface area contributed by atoms with E-state index in [4.69, 9.17) is 0 Å². The molecule has 2 fully saturated rings. The number of hydrogen-bond donors (Lipinski definition) is 2. The van der Waals surface area contributed by atoms with Crippen LogP contribution in [0.3, 0.4) is 0 Å². The molecule has 0 aliphatic heterocycles. The van der Waals surface area contributed by atoms with Gasteiger partial charge in [-0.1, -0.05) is 52.2 Å². The quantitative estimate of drug-likeness (QED) is 0.606. The zero-order valence-corrected chi connectivity index (χ0v) is 17.3. The van der Waals surface area contributed by atoms with Gasteiger partial charge in [0.1, 0.15) is 0 Å². The topological polar surface area (TPSA) is 40.5 Å². The molecule has 0 bridgehead atoms. The lowest BCUT2D eigenvalue weighted by Gasteiger charge is -2.47. The highest BCUT2D eigenvalue weighted by molar-refractivity contribution is 5.02. The number of aliphatic hydroxyl groups excluding tert-OH is 2. The van der Waals surface area contributed by atoms with Crippen LogP contribution in [-0.4, -0.2) is 22.4 Å². The van der Waals surface area contributed by atoms with Gasteiger partial charge in [0.05, 0.1) is 12.2 Å². The van der Waals surface area contributed by atoms with Gasteiger partial charge in [-0.05, 0) is 80.5 Å². The van der Waals surface area contributed by atoms with Crippen molar-refractivity contribution < 1.29 is 10.2 Å². The third kappa shape index (κ3) is 4.55. The molecule has 0 radical (unpaired) electrons. The summed E-state index contributed by atoms with van der Waals surface area (Å²) in [4.78, 5) is 0. The molecule has 0 amide bonds. The summed E-state index contributed by atoms with van der Waals surface area (Å²) in [6, 6.07) is 0. The van der Waals surface area contributed by atoms with Crippen molar-refractivity contribution >= 4 is 0 Å². The Morgan fingerprint density at radius 2 is 1.77 bits per heavy atom. The van der Waals surface area contributed by atoms with Crippen LogP contribution in [0.25, 0.3) is 0 Å². The van der Waals surface area contributed by atoms with Crippen LogP contribution in [0.2, 0.25) is 0 Å². The van der Waals surface area contributed by atoms with E-state index in [0.717, 1.165) is 18.8 Å². The summed E-state index contributed by atoms with van der Waals surface area (Å²) < 4.78 is 0. The Bertz CT molecular complexity index is 459. The van der Waals surface area contributed by atoms with Crippen LogP contribution < -0.4 is 0 Å². The highest BCUT2D eigenvalue weighted by atomic mass is 16.3. The predicted molar refractivity (Wildman–Crippen MR) is 109 cm³/mol. The molecule has 0 aromatic carbocycles. The van der Waals surface area contributed by atoms with E-state index in [-0.39, 0.29) is 12.2 Å². The summed E-state index contributed by atoms with van der Waals surface area (Å²) in [5.74, 6) is 4.10. The fourth-order valence-corrected chi connectivity index (χ4v) is 6.65. The molecular weight excluding hydrogens is 320 g/mol. The molecule has 0 aromatic rings. The number of rotatable bonds is 6. The van der Waals surface area contributed by atoms with E-state index in [0.29, 0.717) is 35.5 Å². The van der Waals surface area contributed by atoms with Gasteiger partial charge in [-0.3, -0.25) is 0 Å². The van der Waals surface area contributed by atoms with E-state index in [1.807, 2.05) is 0 Å². The Kier molecular flexibility index (Phi) is 7.25. The lowest BCUT2D eigenvalue weighted by atomic mass is 9.60. The molecule has 0 aromatic heterocycles. The number of fused-ring (bicyclic) bond motifs is 1. The summed E-state index contributed by atoms with van der Waals surface area (Å²) >= 11 is 0. The maximum absolute atomic E-state index is 10.9. The first-order chi connectivity index (χ1) is 12.5. The average molecular weight is 363 g/mol. The van der Waals surface area contributed by atoms with Gasteiger partial charge in [-0.2, -0.15) is 0 Å². The maximum Gasteiger partial charge on any atom is 0.0605 e. The average Bonchev–Trinajstić information content (AvgIpc) is 2.62. The number of aliphatic hydroxyl groups is 2. The second-order valence-corrected chi connectivity index (χ2v) is 9.93. The van der Waals surface area contributed by atoms with Crippen molar-refractivity contribution in [1.82, 2.24) is 0 Å². The van der Waals surface area contributed by atoms with E-state index in [1.165, 1.54) is 51.4 Å². The van der Waals surface area contributed by atoms with Crippen LogP contribution in [-0.2, 0) is 0 Å². The lowest BCUT2D eigenvalue weighted by Crippen LogP contribution is -2.44. The molecule has 2 saturated carbocycles. The van der Waals surface area contributed by atoms with Crippen molar-refractivity contribution in [3.8, 4) is 0 Å². The second kappa shape index (κ2) is 9.24. The first-order valence-corrected chi connectivity index (χ1v) is 11.6. The van der Waals surface area contributed by atoms with Crippen molar-refractivity contribution in [2.24, 2.45) is 41.4 Å². The summed E-state index contributed by atoms with van der Waals surface area (Å²) in [5.41, 5.74) is 0. The molecule has 3 aliphatic rings. The Hall–Kier alpha value is -0.340. The minimum atomic E-state index is -0.185. The zero-order chi connectivity index (χ0) is 18.7. The Labute approximate surface area is 161 Å². The predicted octanol–water partition coefficient (Wildman–Crippen LogP) is 5.58. The van der Waals surface area contributed by atoms with Crippen LogP contribution in [0.15, 0.2) is 12.2 Å². The molecule has 150 valence electrons. The van der Waals surface area contributed by atoms with Crippen LogP contribution in [0.5, 0.6) is 0 Å². The van der Waals surface area contributed by atoms with Crippen LogP contribution in [0.1, 0.15) is 85.0 Å². The van der Waals surface area contributed by atoms with Gasteiger partial charge in [-0.15, -0.1) is 0 Å². The molecule has 3 rings (SSSR count). The van der Waals surface area contributed by atoms with E-state index in [1.54, 1.807) is 0 Å². The Morgan fingerprint density at radius 1 is 0.962 bits per heavy atom. The molecular formula is C24H42O2. The second-order valence-electron chi connectivity index (χ2n) is 9.93. The molecule has 2 nitrogen and oxygen atoms in total. The fourth-order valence-electron chi connectivity index (χ4n) is 6.65. The zero-order valence-electron chi connectivity index (χ0n) is 17.3. The minimum absolute atomic E-state index is 0.0655. The molecule has 8 unspecified atom stereocenters. The molecule has 3 aliphatic carbocycles. The summed E-state index contributed by atoms with van der Waals surface area (Å²) in [6.07, 6.45) is 16.4. The largest absolute Gasteiger partial charge is 0.393 e. The highest BCUT2D eigenvalue weighted by Crippen LogP contribution is 2.48. The van der Waals surface area contributed by atoms with E-state index in [9.17, 15) is 10.2 Å². The highest BCUT2D eigenvalue weighted by Gasteiger charge is 2.43. The molecule has 0 saturated heterocycles. The van der Waals surface area contributed by atoms with Crippen molar-refractivity contribution in [2.45, 2.75) is 97.2 Å². The smallest absolute Gasteiger partial charge is 0.0605 e. The van der Waals surface area contributed by atoms with Gasteiger partial charge in [-0.25, -0.2) is 0 Å².